The van der Waals surface area contributed by atoms with Crippen molar-refractivity contribution in [1.29, 1.82) is 0 Å². The number of rotatable bonds is 4. The van der Waals surface area contributed by atoms with E-state index in [2.05, 4.69) is 15.9 Å². The second kappa shape index (κ2) is 7.17. The minimum atomic E-state index is -0.795. The number of carboxylic acid groups (broad SMARTS) is 1. The second-order valence-corrected chi connectivity index (χ2v) is 8.10. The third-order valence-corrected chi connectivity index (χ3v) is 5.75. The number of aliphatic carboxylic acids is 1. The van der Waals surface area contributed by atoms with Crippen molar-refractivity contribution in [2.24, 2.45) is 5.92 Å². The molecule has 0 saturated heterocycles. The maximum absolute atomic E-state index is 12.6. The number of para-hydroxylation sites is 1. The Hall–Kier alpha value is -2.05. The summed E-state index contributed by atoms with van der Waals surface area (Å²) in [4.78, 5) is 23.6. The van der Waals surface area contributed by atoms with Gasteiger partial charge in [0.2, 0.25) is 0 Å². The lowest BCUT2D eigenvalue weighted by Crippen LogP contribution is -2.38. The van der Waals surface area contributed by atoms with Crippen molar-refractivity contribution in [3.05, 3.63) is 57.0 Å². The summed E-state index contributed by atoms with van der Waals surface area (Å²) in [6.45, 7) is 0. The molecular weight excluding hydrogens is 436 g/mol. The van der Waals surface area contributed by atoms with E-state index in [1.165, 1.54) is 0 Å². The fourth-order valence-electron chi connectivity index (χ4n) is 3.40. The summed E-state index contributed by atoms with van der Waals surface area (Å²) in [6.07, 6.45) is 0.465. The predicted octanol–water partition coefficient (Wildman–Crippen LogP) is 5.05. The maximum Gasteiger partial charge on any atom is 0.306 e. The van der Waals surface area contributed by atoms with E-state index in [1.54, 1.807) is 18.2 Å². The molecule has 27 heavy (non-hydrogen) atoms. The van der Waals surface area contributed by atoms with Crippen LogP contribution >= 0.6 is 27.5 Å². The molecule has 1 aliphatic carbocycles. The fourth-order valence-corrected chi connectivity index (χ4v) is 3.96. The normalized spacial score (nSPS) is 23.8. The van der Waals surface area contributed by atoms with Crippen LogP contribution in [0.25, 0.3) is 0 Å². The van der Waals surface area contributed by atoms with Crippen LogP contribution in [0.5, 0.6) is 11.5 Å². The van der Waals surface area contributed by atoms with Crippen LogP contribution in [-0.4, -0.2) is 23.0 Å². The highest BCUT2D eigenvalue weighted by atomic mass is 79.9. The summed E-state index contributed by atoms with van der Waals surface area (Å²) in [5, 5.41) is 9.43. The average Bonchev–Trinajstić information content (AvgIpc) is 2.58. The number of ketones is 1. The average molecular weight is 452 g/mol. The number of fused-ring (bicyclic) bond motifs is 1. The molecule has 140 valence electrons. The molecule has 1 unspecified atom stereocenters. The molecule has 1 heterocycles. The summed E-state index contributed by atoms with van der Waals surface area (Å²) in [5.41, 5.74) is 1.23. The van der Waals surface area contributed by atoms with Crippen LogP contribution in [0, 0.1) is 5.92 Å². The van der Waals surface area contributed by atoms with E-state index in [4.69, 9.17) is 26.2 Å². The van der Waals surface area contributed by atoms with Gasteiger partial charge in [-0.15, -0.1) is 0 Å². The van der Waals surface area contributed by atoms with Crippen molar-refractivity contribution in [2.75, 3.05) is 0 Å². The Labute approximate surface area is 169 Å². The monoisotopic (exact) mass is 450 g/mol. The standard InChI is InChI=1S/C20H16BrClO5/c21-11-4-5-14(17(8-11)26-12-6-10(7-12)20(24)25)18-9-16(23)13-2-1-3-15(22)19(13)27-18/h1-5,8,10,12,18H,6-7,9H2,(H,24,25)/t10-,12+,18?. The van der Waals surface area contributed by atoms with Crippen LogP contribution < -0.4 is 9.47 Å². The van der Waals surface area contributed by atoms with Crippen LogP contribution in [0.15, 0.2) is 40.9 Å². The van der Waals surface area contributed by atoms with Gasteiger partial charge in [0, 0.05) is 10.0 Å². The van der Waals surface area contributed by atoms with E-state index >= 15 is 0 Å². The van der Waals surface area contributed by atoms with Crippen LogP contribution in [0.3, 0.4) is 0 Å². The van der Waals surface area contributed by atoms with Gasteiger partial charge in [-0.05, 0) is 37.1 Å². The maximum atomic E-state index is 12.6. The van der Waals surface area contributed by atoms with Gasteiger partial charge in [0.25, 0.3) is 0 Å². The zero-order valence-electron chi connectivity index (χ0n) is 14.2. The topological polar surface area (TPSA) is 72.8 Å². The van der Waals surface area contributed by atoms with Crippen molar-refractivity contribution in [3.63, 3.8) is 0 Å². The molecule has 0 amide bonds. The Morgan fingerprint density at radius 2 is 2.04 bits per heavy atom. The number of carboxylic acids is 1. The van der Waals surface area contributed by atoms with Crippen LogP contribution in [0.2, 0.25) is 5.02 Å². The number of halogens is 2. The summed E-state index contributed by atoms with van der Waals surface area (Å²) in [5.74, 6) is -0.205. The number of ether oxygens (including phenoxy) is 2. The number of Topliss-reactive ketones (excluding diaryl/α,β-unsaturated/α-hetero) is 1. The van der Waals surface area contributed by atoms with Crippen molar-refractivity contribution in [2.45, 2.75) is 31.5 Å². The van der Waals surface area contributed by atoms with Gasteiger partial charge in [-0.2, -0.15) is 0 Å². The SMILES string of the molecule is O=C1CC(c2ccc(Br)cc2O[C@H]2C[C@@H](C(=O)O)C2)Oc2c(Cl)cccc21. The molecule has 4 rings (SSSR count). The molecule has 1 fully saturated rings. The predicted molar refractivity (Wildman–Crippen MR) is 103 cm³/mol. The van der Waals surface area contributed by atoms with Gasteiger partial charge in [-0.1, -0.05) is 39.7 Å². The first kappa shape index (κ1) is 18.3. The zero-order valence-corrected chi connectivity index (χ0v) is 16.5. The van der Waals surface area contributed by atoms with Gasteiger partial charge >= 0.3 is 5.97 Å². The molecule has 0 bridgehead atoms. The van der Waals surface area contributed by atoms with Crippen molar-refractivity contribution >= 4 is 39.3 Å². The molecule has 0 spiro atoms. The fraction of sp³-hybridized carbons (Fsp3) is 0.300. The van der Waals surface area contributed by atoms with Crippen LogP contribution in [0.4, 0.5) is 0 Å². The minimum absolute atomic E-state index is 0.0350. The van der Waals surface area contributed by atoms with E-state index in [0.29, 0.717) is 34.9 Å². The van der Waals surface area contributed by atoms with Gasteiger partial charge in [-0.3, -0.25) is 9.59 Å². The lowest BCUT2D eigenvalue weighted by molar-refractivity contribution is -0.148. The minimum Gasteiger partial charge on any atom is -0.490 e. The molecule has 0 radical (unpaired) electrons. The first-order chi connectivity index (χ1) is 12.9. The molecule has 1 saturated carbocycles. The van der Waals surface area contributed by atoms with Gasteiger partial charge in [0.05, 0.1) is 22.9 Å². The van der Waals surface area contributed by atoms with Gasteiger partial charge in [-0.25, -0.2) is 0 Å². The van der Waals surface area contributed by atoms with Crippen molar-refractivity contribution < 1.29 is 24.2 Å². The number of carbonyl (C=O) groups is 2. The third-order valence-electron chi connectivity index (χ3n) is 4.96. The summed E-state index contributed by atoms with van der Waals surface area (Å²) in [7, 11) is 0. The molecule has 2 aromatic rings. The molecule has 5 nitrogen and oxygen atoms in total. The highest BCUT2D eigenvalue weighted by Gasteiger charge is 2.37. The lowest BCUT2D eigenvalue weighted by atomic mass is 9.82. The molecular formula is C20H16BrClO5. The molecule has 2 aliphatic rings. The van der Waals surface area contributed by atoms with E-state index in [0.717, 1.165) is 10.0 Å². The van der Waals surface area contributed by atoms with Gasteiger partial charge in [0.1, 0.15) is 23.7 Å². The first-order valence-electron chi connectivity index (χ1n) is 8.59. The van der Waals surface area contributed by atoms with Gasteiger partial charge < -0.3 is 14.6 Å². The highest BCUT2D eigenvalue weighted by Crippen LogP contribution is 2.43. The van der Waals surface area contributed by atoms with Crippen molar-refractivity contribution in [1.82, 2.24) is 0 Å². The molecule has 2 aromatic carbocycles. The highest BCUT2D eigenvalue weighted by molar-refractivity contribution is 9.10. The third kappa shape index (κ3) is 3.56. The first-order valence-corrected chi connectivity index (χ1v) is 9.76. The number of carbonyl (C=O) groups excluding carboxylic acids is 1. The Kier molecular flexibility index (Phi) is 4.86. The van der Waals surface area contributed by atoms with Crippen LogP contribution in [0.1, 0.15) is 41.3 Å². The largest absolute Gasteiger partial charge is 0.490 e. The molecule has 0 aromatic heterocycles. The molecule has 1 N–H and O–H groups in total. The second-order valence-electron chi connectivity index (χ2n) is 6.78. The van der Waals surface area contributed by atoms with Crippen LogP contribution in [-0.2, 0) is 4.79 Å². The molecule has 7 heteroatoms. The Bertz CT molecular complexity index is 923. The quantitative estimate of drug-likeness (QED) is 0.704. The summed E-state index contributed by atoms with van der Waals surface area (Å²) in [6, 6.07) is 10.7. The van der Waals surface area contributed by atoms with Crippen molar-refractivity contribution in [3.8, 4) is 11.5 Å². The Morgan fingerprint density at radius 3 is 2.78 bits per heavy atom. The number of hydrogen-bond donors (Lipinski definition) is 1. The molecule has 1 aliphatic heterocycles. The zero-order chi connectivity index (χ0) is 19.1. The lowest BCUT2D eigenvalue weighted by Gasteiger charge is -2.34. The molecule has 1 atom stereocenters. The Balaban J connectivity index is 1.60. The smallest absolute Gasteiger partial charge is 0.306 e. The summed E-state index contributed by atoms with van der Waals surface area (Å²) < 4.78 is 12.9. The number of hydrogen-bond acceptors (Lipinski definition) is 4. The summed E-state index contributed by atoms with van der Waals surface area (Å²) >= 11 is 9.65. The number of benzene rings is 2. The van der Waals surface area contributed by atoms with E-state index < -0.39 is 12.1 Å². The van der Waals surface area contributed by atoms with E-state index in [9.17, 15) is 9.59 Å². The van der Waals surface area contributed by atoms with Gasteiger partial charge in [0.15, 0.2) is 5.78 Å². The van der Waals surface area contributed by atoms with E-state index in [-0.39, 0.29) is 24.2 Å². The Morgan fingerprint density at radius 1 is 1.26 bits per heavy atom. The van der Waals surface area contributed by atoms with E-state index in [1.807, 2.05) is 18.2 Å².